The number of hydrogen-bond donors (Lipinski definition) is 1. The Bertz CT molecular complexity index is 287. The fraction of sp³-hybridized carbons (Fsp3) is 0.455. The molecule has 0 aliphatic rings. The monoisotopic (exact) mass is 164 g/mol. The van der Waals surface area contributed by atoms with Gasteiger partial charge in [0.2, 0.25) is 0 Å². The number of aliphatic hydroxyl groups excluding tert-OH is 1. The smallest absolute Gasteiger partial charge is 0.0764 e. The van der Waals surface area contributed by atoms with Gasteiger partial charge in [0, 0.05) is 0 Å². The molecule has 0 aromatic heterocycles. The summed E-state index contributed by atoms with van der Waals surface area (Å²) in [5.74, 6) is 0. The van der Waals surface area contributed by atoms with Crippen molar-refractivity contribution in [2.75, 3.05) is 0 Å². The molecule has 0 unspecified atom stereocenters. The van der Waals surface area contributed by atoms with Crippen LogP contribution in [0.25, 0.3) is 0 Å². The average Bonchev–Trinajstić information content (AvgIpc) is 1.96. The Labute approximate surface area is 74.1 Å². The molecule has 1 nitrogen and oxygen atoms in total. The summed E-state index contributed by atoms with van der Waals surface area (Å²) < 4.78 is 0. The van der Waals surface area contributed by atoms with Crippen molar-refractivity contribution in [3.05, 3.63) is 34.4 Å². The summed E-state index contributed by atoms with van der Waals surface area (Å²) in [6.45, 7) is 8.00. The summed E-state index contributed by atoms with van der Waals surface area (Å²) in [5.41, 5.74) is 4.75. The summed E-state index contributed by atoms with van der Waals surface area (Å²) in [5, 5.41) is 9.42. The second kappa shape index (κ2) is 3.28. The van der Waals surface area contributed by atoms with E-state index >= 15 is 0 Å². The quantitative estimate of drug-likeness (QED) is 0.676. The molecule has 12 heavy (non-hydrogen) atoms. The van der Waals surface area contributed by atoms with E-state index in [1.165, 1.54) is 16.7 Å². The first-order valence-electron chi connectivity index (χ1n) is 4.28. The van der Waals surface area contributed by atoms with Gasteiger partial charge in [0.15, 0.2) is 0 Å². The molecule has 0 aliphatic heterocycles. The van der Waals surface area contributed by atoms with Gasteiger partial charge in [-0.1, -0.05) is 12.1 Å². The Morgan fingerprint density at radius 3 is 2.00 bits per heavy atom. The van der Waals surface area contributed by atoms with Crippen LogP contribution < -0.4 is 0 Å². The number of benzene rings is 1. The molecule has 0 heterocycles. The predicted octanol–water partition coefficient (Wildman–Crippen LogP) is 2.67. The molecular weight excluding hydrogens is 148 g/mol. The van der Waals surface area contributed by atoms with E-state index in [9.17, 15) is 5.11 Å². The lowest BCUT2D eigenvalue weighted by atomic mass is 9.98. The van der Waals surface area contributed by atoms with Gasteiger partial charge in [0.05, 0.1) is 6.10 Å². The zero-order chi connectivity index (χ0) is 9.30. The average molecular weight is 164 g/mol. The predicted molar refractivity (Wildman–Crippen MR) is 51.3 cm³/mol. The molecule has 1 rings (SSSR count). The van der Waals surface area contributed by atoms with Gasteiger partial charge >= 0.3 is 0 Å². The van der Waals surface area contributed by atoms with Crippen LogP contribution in [0.4, 0.5) is 0 Å². The lowest BCUT2D eigenvalue weighted by Crippen LogP contribution is -1.97. The molecule has 0 amide bonds. The molecule has 1 N–H and O–H groups in total. The molecule has 1 aromatic carbocycles. The van der Waals surface area contributed by atoms with Crippen LogP contribution in [0.3, 0.4) is 0 Å². The molecule has 1 aromatic rings. The molecule has 0 bridgehead atoms. The lowest BCUT2D eigenvalue weighted by molar-refractivity contribution is 0.198. The van der Waals surface area contributed by atoms with Gasteiger partial charge < -0.3 is 5.11 Å². The topological polar surface area (TPSA) is 20.2 Å². The zero-order valence-corrected chi connectivity index (χ0v) is 8.18. The van der Waals surface area contributed by atoms with Crippen molar-refractivity contribution >= 4 is 0 Å². The minimum Gasteiger partial charge on any atom is -0.389 e. The molecule has 0 saturated carbocycles. The standard InChI is InChI=1S/C11H16O/c1-7-5-9(3)11(10(4)12)6-8(7)2/h5-6,10,12H,1-4H3/t10-/m1/s1. The van der Waals surface area contributed by atoms with Crippen LogP contribution in [0, 0.1) is 20.8 Å². The van der Waals surface area contributed by atoms with Crippen LogP contribution in [0.5, 0.6) is 0 Å². The summed E-state index contributed by atoms with van der Waals surface area (Å²) in [7, 11) is 0. The number of rotatable bonds is 1. The van der Waals surface area contributed by atoms with E-state index in [-0.39, 0.29) is 6.10 Å². The molecule has 0 saturated heterocycles. The van der Waals surface area contributed by atoms with Gasteiger partial charge in [-0.2, -0.15) is 0 Å². The fourth-order valence-corrected chi connectivity index (χ4v) is 1.43. The Kier molecular flexibility index (Phi) is 2.53. The van der Waals surface area contributed by atoms with Crippen molar-refractivity contribution in [1.29, 1.82) is 0 Å². The molecular formula is C11H16O. The van der Waals surface area contributed by atoms with Crippen molar-refractivity contribution in [2.45, 2.75) is 33.8 Å². The third-order valence-electron chi connectivity index (χ3n) is 2.33. The Morgan fingerprint density at radius 1 is 1.00 bits per heavy atom. The SMILES string of the molecule is Cc1cc(C)c([C@@H](C)O)cc1C. The normalized spacial score (nSPS) is 13.1. The van der Waals surface area contributed by atoms with E-state index < -0.39 is 0 Å². The highest BCUT2D eigenvalue weighted by Gasteiger charge is 2.05. The van der Waals surface area contributed by atoms with Crippen LogP contribution in [0.2, 0.25) is 0 Å². The maximum absolute atomic E-state index is 9.42. The highest BCUT2D eigenvalue weighted by molar-refractivity contribution is 5.37. The van der Waals surface area contributed by atoms with Gasteiger partial charge in [0.25, 0.3) is 0 Å². The van der Waals surface area contributed by atoms with E-state index in [2.05, 4.69) is 26.0 Å². The third-order valence-corrected chi connectivity index (χ3v) is 2.33. The Hall–Kier alpha value is -0.820. The molecule has 1 heteroatoms. The van der Waals surface area contributed by atoms with Crippen molar-refractivity contribution in [3.8, 4) is 0 Å². The number of aliphatic hydroxyl groups is 1. The van der Waals surface area contributed by atoms with Crippen LogP contribution >= 0.6 is 0 Å². The summed E-state index contributed by atoms with van der Waals surface area (Å²) in [6, 6.07) is 4.19. The zero-order valence-electron chi connectivity index (χ0n) is 8.18. The Balaban J connectivity index is 3.23. The molecule has 66 valence electrons. The van der Waals surface area contributed by atoms with Crippen molar-refractivity contribution < 1.29 is 5.11 Å². The van der Waals surface area contributed by atoms with Crippen LogP contribution in [-0.4, -0.2) is 5.11 Å². The number of aryl methyl sites for hydroxylation is 3. The number of hydrogen-bond acceptors (Lipinski definition) is 1. The van der Waals surface area contributed by atoms with E-state index in [1.807, 2.05) is 6.92 Å². The van der Waals surface area contributed by atoms with Gasteiger partial charge in [-0.05, 0) is 49.9 Å². The van der Waals surface area contributed by atoms with Gasteiger partial charge in [-0.3, -0.25) is 0 Å². The molecule has 0 aliphatic carbocycles. The minimum absolute atomic E-state index is 0.357. The molecule has 1 atom stereocenters. The van der Waals surface area contributed by atoms with E-state index in [0.717, 1.165) is 5.56 Å². The largest absolute Gasteiger partial charge is 0.389 e. The highest BCUT2D eigenvalue weighted by atomic mass is 16.3. The highest BCUT2D eigenvalue weighted by Crippen LogP contribution is 2.20. The van der Waals surface area contributed by atoms with Crippen molar-refractivity contribution in [2.24, 2.45) is 0 Å². The minimum atomic E-state index is -0.357. The first kappa shape index (κ1) is 9.27. The first-order chi connectivity index (χ1) is 5.52. The van der Waals surface area contributed by atoms with E-state index in [1.54, 1.807) is 6.92 Å². The third kappa shape index (κ3) is 1.67. The van der Waals surface area contributed by atoms with Crippen LogP contribution in [0.15, 0.2) is 12.1 Å². The maximum Gasteiger partial charge on any atom is 0.0764 e. The van der Waals surface area contributed by atoms with E-state index in [0.29, 0.717) is 0 Å². The van der Waals surface area contributed by atoms with Gasteiger partial charge in [-0.25, -0.2) is 0 Å². The van der Waals surface area contributed by atoms with Crippen molar-refractivity contribution in [1.82, 2.24) is 0 Å². The van der Waals surface area contributed by atoms with Gasteiger partial charge in [0.1, 0.15) is 0 Å². The maximum atomic E-state index is 9.42. The first-order valence-corrected chi connectivity index (χ1v) is 4.28. The summed E-state index contributed by atoms with van der Waals surface area (Å²) in [6.07, 6.45) is -0.357. The molecule has 0 fully saturated rings. The second-order valence-electron chi connectivity index (χ2n) is 3.47. The van der Waals surface area contributed by atoms with E-state index in [4.69, 9.17) is 0 Å². The van der Waals surface area contributed by atoms with Crippen molar-refractivity contribution in [3.63, 3.8) is 0 Å². The summed E-state index contributed by atoms with van der Waals surface area (Å²) in [4.78, 5) is 0. The Morgan fingerprint density at radius 2 is 1.50 bits per heavy atom. The lowest BCUT2D eigenvalue weighted by Gasteiger charge is -2.11. The molecule has 0 radical (unpaired) electrons. The van der Waals surface area contributed by atoms with Crippen LogP contribution in [0.1, 0.15) is 35.3 Å². The van der Waals surface area contributed by atoms with Gasteiger partial charge in [-0.15, -0.1) is 0 Å². The van der Waals surface area contributed by atoms with Crippen LogP contribution in [-0.2, 0) is 0 Å². The second-order valence-corrected chi connectivity index (χ2v) is 3.47. The summed E-state index contributed by atoms with van der Waals surface area (Å²) >= 11 is 0. The fourth-order valence-electron chi connectivity index (χ4n) is 1.43. The molecule has 0 spiro atoms.